The summed E-state index contributed by atoms with van der Waals surface area (Å²) in [5, 5.41) is 6.53. The summed E-state index contributed by atoms with van der Waals surface area (Å²) in [7, 11) is 3.64. The Morgan fingerprint density at radius 1 is 1.36 bits per heavy atom. The van der Waals surface area contributed by atoms with Gasteiger partial charge >= 0.3 is 0 Å². The highest BCUT2D eigenvalue weighted by molar-refractivity contribution is 14.0. The van der Waals surface area contributed by atoms with Crippen LogP contribution in [0.15, 0.2) is 29.3 Å². The standard InChI is InChI=1S/C20H32FN5O.HI/c1-4-22-20(24-15-16-8-5-9-17(21)14-16)23-11-7-13-26-12-6-10-18(26)19(27)25(2)3;/h5,8-9,14,18H,4,6-7,10-13,15H2,1-3H3,(H2,22,23,24);1H. The average Bonchev–Trinajstić information content (AvgIpc) is 3.10. The number of guanidine groups is 1. The van der Waals surface area contributed by atoms with Crippen molar-refractivity contribution in [3.63, 3.8) is 0 Å². The molecule has 0 bridgehead atoms. The number of carbonyl (C=O) groups is 1. The van der Waals surface area contributed by atoms with E-state index in [9.17, 15) is 9.18 Å². The van der Waals surface area contributed by atoms with Gasteiger partial charge in [-0.05, 0) is 50.4 Å². The van der Waals surface area contributed by atoms with Crippen LogP contribution in [0.3, 0.4) is 0 Å². The number of hydrogen-bond donors (Lipinski definition) is 2. The van der Waals surface area contributed by atoms with E-state index in [0.29, 0.717) is 6.54 Å². The summed E-state index contributed by atoms with van der Waals surface area (Å²) in [4.78, 5) is 20.7. The minimum Gasteiger partial charge on any atom is -0.357 e. The van der Waals surface area contributed by atoms with Crippen molar-refractivity contribution < 1.29 is 9.18 Å². The van der Waals surface area contributed by atoms with E-state index in [2.05, 4.69) is 20.5 Å². The summed E-state index contributed by atoms with van der Waals surface area (Å²) in [5.74, 6) is 0.683. The molecule has 1 aliphatic rings. The minimum atomic E-state index is -0.243. The second-order valence-corrected chi connectivity index (χ2v) is 7.03. The van der Waals surface area contributed by atoms with Gasteiger partial charge in [0.05, 0.1) is 12.6 Å². The van der Waals surface area contributed by atoms with E-state index in [4.69, 9.17) is 0 Å². The summed E-state index contributed by atoms with van der Waals surface area (Å²) in [5.41, 5.74) is 0.842. The number of amides is 1. The number of aliphatic imine (C=N–C) groups is 1. The number of hydrogen-bond acceptors (Lipinski definition) is 3. The van der Waals surface area contributed by atoms with Crippen LogP contribution >= 0.6 is 24.0 Å². The third-order valence-electron chi connectivity index (χ3n) is 4.66. The number of rotatable bonds is 8. The Morgan fingerprint density at radius 3 is 2.82 bits per heavy atom. The monoisotopic (exact) mass is 505 g/mol. The number of halogens is 2. The molecular weight excluding hydrogens is 472 g/mol. The molecule has 0 spiro atoms. The van der Waals surface area contributed by atoms with Crippen LogP contribution in [-0.2, 0) is 11.3 Å². The number of likely N-dealkylation sites (tertiary alicyclic amines) is 1. The number of benzene rings is 1. The van der Waals surface area contributed by atoms with Gasteiger partial charge in [-0.15, -0.1) is 24.0 Å². The van der Waals surface area contributed by atoms with Gasteiger partial charge in [-0.1, -0.05) is 12.1 Å². The summed E-state index contributed by atoms with van der Waals surface area (Å²) in [6.07, 6.45) is 2.96. The first-order valence-corrected chi connectivity index (χ1v) is 9.73. The van der Waals surface area contributed by atoms with Crippen LogP contribution in [0, 0.1) is 5.82 Å². The van der Waals surface area contributed by atoms with E-state index < -0.39 is 0 Å². The first kappa shape index (κ1) is 24.6. The van der Waals surface area contributed by atoms with Gasteiger partial charge in [0.2, 0.25) is 5.91 Å². The molecule has 1 atom stereocenters. The number of carbonyl (C=O) groups excluding carboxylic acids is 1. The van der Waals surface area contributed by atoms with Gasteiger partial charge in [0.15, 0.2) is 5.96 Å². The van der Waals surface area contributed by atoms with Gasteiger partial charge in [0.1, 0.15) is 5.82 Å². The van der Waals surface area contributed by atoms with E-state index in [1.807, 2.05) is 27.1 Å². The van der Waals surface area contributed by atoms with Crippen LogP contribution < -0.4 is 10.6 Å². The smallest absolute Gasteiger partial charge is 0.239 e. The molecule has 8 heteroatoms. The maximum Gasteiger partial charge on any atom is 0.239 e. The largest absolute Gasteiger partial charge is 0.357 e. The zero-order chi connectivity index (χ0) is 19.6. The second kappa shape index (κ2) is 12.9. The van der Waals surface area contributed by atoms with Crippen LogP contribution in [0.1, 0.15) is 31.7 Å². The predicted molar refractivity (Wildman–Crippen MR) is 123 cm³/mol. The molecule has 0 radical (unpaired) electrons. The van der Waals surface area contributed by atoms with Gasteiger partial charge in [-0.3, -0.25) is 9.69 Å². The fourth-order valence-corrected chi connectivity index (χ4v) is 3.31. The molecule has 28 heavy (non-hydrogen) atoms. The lowest BCUT2D eigenvalue weighted by molar-refractivity contribution is -0.133. The molecule has 0 aromatic heterocycles. The van der Waals surface area contributed by atoms with Crippen molar-refractivity contribution in [2.24, 2.45) is 4.99 Å². The molecule has 0 aliphatic carbocycles. The van der Waals surface area contributed by atoms with Crippen molar-refractivity contribution in [2.75, 3.05) is 40.3 Å². The van der Waals surface area contributed by atoms with Crippen LogP contribution in [0.2, 0.25) is 0 Å². The van der Waals surface area contributed by atoms with Crippen molar-refractivity contribution in [2.45, 2.75) is 38.8 Å². The van der Waals surface area contributed by atoms with Gasteiger partial charge < -0.3 is 15.5 Å². The van der Waals surface area contributed by atoms with E-state index in [1.54, 1.807) is 11.0 Å². The molecule has 158 valence electrons. The molecule has 6 nitrogen and oxygen atoms in total. The Balaban J connectivity index is 0.00000392. The molecule has 1 aromatic rings. The van der Waals surface area contributed by atoms with Gasteiger partial charge in [0.25, 0.3) is 0 Å². The van der Waals surface area contributed by atoms with Crippen molar-refractivity contribution in [3.8, 4) is 0 Å². The lowest BCUT2D eigenvalue weighted by Gasteiger charge is -2.26. The average molecular weight is 505 g/mol. The van der Waals surface area contributed by atoms with E-state index in [-0.39, 0.29) is 41.7 Å². The molecule has 0 saturated carbocycles. The number of nitrogens with one attached hydrogen (secondary N) is 2. The predicted octanol–water partition coefficient (Wildman–Crippen LogP) is 2.44. The summed E-state index contributed by atoms with van der Waals surface area (Å²) >= 11 is 0. The first-order valence-electron chi connectivity index (χ1n) is 9.73. The minimum absolute atomic E-state index is 0. The molecular formula is C20H33FIN5O. The van der Waals surface area contributed by atoms with Crippen LogP contribution in [0.25, 0.3) is 0 Å². The molecule has 2 rings (SSSR count). The maximum absolute atomic E-state index is 13.3. The molecule has 1 aliphatic heterocycles. The molecule has 2 N–H and O–H groups in total. The van der Waals surface area contributed by atoms with Crippen molar-refractivity contribution in [1.29, 1.82) is 0 Å². The Hall–Kier alpha value is -1.42. The van der Waals surface area contributed by atoms with Gasteiger partial charge in [-0.25, -0.2) is 9.38 Å². The van der Waals surface area contributed by atoms with Crippen molar-refractivity contribution >= 4 is 35.8 Å². The fourth-order valence-electron chi connectivity index (χ4n) is 3.31. The van der Waals surface area contributed by atoms with Crippen LogP contribution in [0.5, 0.6) is 0 Å². The van der Waals surface area contributed by atoms with Crippen LogP contribution in [-0.4, -0.2) is 68.0 Å². The van der Waals surface area contributed by atoms with Crippen LogP contribution in [0.4, 0.5) is 4.39 Å². The Morgan fingerprint density at radius 2 is 2.14 bits per heavy atom. The first-order chi connectivity index (χ1) is 13.0. The van der Waals surface area contributed by atoms with E-state index >= 15 is 0 Å². The summed E-state index contributed by atoms with van der Waals surface area (Å²) in [6.45, 7) is 5.85. The molecule has 1 unspecified atom stereocenters. The van der Waals surface area contributed by atoms with Gasteiger partial charge in [-0.2, -0.15) is 0 Å². The molecule has 1 heterocycles. The van der Waals surface area contributed by atoms with E-state index in [1.165, 1.54) is 12.1 Å². The second-order valence-electron chi connectivity index (χ2n) is 7.03. The Kier molecular flexibility index (Phi) is 11.4. The molecule has 1 aromatic carbocycles. The summed E-state index contributed by atoms with van der Waals surface area (Å²) in [6, 6.07) is 6.52. The fraction of sp³-hybridized carbons (Fsp3) is 0.600. The quantitative estimate of drug-likeness (QED) is 0.247. The lowest BCUT2D eigenvalue weighted by Crippen LogP contribution is -2.44. The highest BCUT2D eigenvalue weighted by Gasteiger charge is 2.30. The zero-order valence-electron chi connectivity index (χ0n) is 17.1. The Labute approximate surface area is 185 Å². The van der Waals surface area contributed by atoms with Gasteiger partial charge in [0, 0.05) is 33.7 Å². The highest BCUT2D eigenvalue weighted by atomic mass is 127. The third kappa shape index (κ3) is 7.90. The molecule has 1 amide bonds. The SMILES string of the molecule is CCNC(=NCc1cccc(F)c1)NCCCN1CCCC1C(=O)N(C)C.I. The highest BCUT2D eigenvalue weighted by Crippen LogP contribution is 2.18. The normalized spacial score (nSPS) is 17.1. The summed E-state index contributed by atoms with van der Waals surface area (Å²) < 4.78 is 13.3. The maximum atomic E-state index is 13.3. The zero-order valence-corrected chi connectivity index (χ0v) is 19.4. The van der Waals surface area contributed by atoms with Crippen molar-refractivity contribution in [3.05, 3.63) is 35.6 Å². The van der Waals surface area contributed by atoms with E-state index in [0.717, 1.165) is 57.0 Å². The number of nitrogens with zero attached hydrogens (tertiary/aromatic N) is 3. The lowest BCUT2D eigenvalue weighted by atomic mass is 10.2. The molecule has 1 fully saturated rings. The Bertz CT molecular complexity index is 641. The molecule has 1 saturated heterocycles. The third-order valence-corrected chi connectivity index (χ3v) is 4.66. The number of likely N-dealkylation sites (N-methyl/N-ethyl adjacent to an activating group) is 1. The van der Waals surface area contributed by atoms with Crippen molar-refractivity contribution in [1.82, 2.24) is 20.4 Å². The topological polar surface area (TPSA) is 60.0 Å².